The van der Waals surface area contributed by atoms with Gasteiger partial charge in [0.2, 0.25) is 0 Å². The maximum absolute atomic E-state index is 13.8. The fraction of sp³-hybridized carbons (Fsp3) is 0.382. The SMILES string of the molecule is O=C(NC(Cc1ccccc1)c1nnc(SCc2ccc(F)cc2)n1-c1ccc(Cl)cc1Cl)NC12CC3CC(CC(C3)C1)C2. The van der Waals surface area contributed by atoms with Crippen LogP contribution < -0.4 is 10.6 Å². The van der Waals surface area contributed by atoms with E-state index in [1.807, 2.05) is 41.0 Å². The van der Waals surface area contributed by atoms with Gasteiger partial charge in [0.1, 0.15) is 5.82 Å². The Hall–Kier alpha value is -3.07. The van der Waals surface area contributed by atoms with Gasteiger partial charge in [0.05, 0.1) is 16.8 Å². The number of hydrogen-bond acceptors (Lipinski definition) is 4. The minimum Gasteiger partial charge on any atom is -0.333 e. The van der Waals surface area contributed by atoms with Crippen LogP contribution in [0.15, 0.2) is 78.0 Å². The molecule has 6 nitrogen and oxygen atoms in total. The first-order valence-electron chi connectivity index (χ1n) is 15.2. The van der Waals surface area contributed by atoms with Gasteiger partial charge in [0, 0.05) is 22.7 Å². The summed E-state index contributed by atoms with van der Waals surface area (Å²) in [6.07, 6.45) is 7.64. The van der Waals surface area contributed by atoms with Gasteiger partial charge in [-0.25, -0.2) is 9.18 Å². The van der Waals surface area contributed by atoms with E-state index < -0.39 is 6.04 Å². The fourth-order valence-electron chi connectivity index (χ4n) is 7.97. The Kier molecular flexibility index (Phi) is 8.33. The van der Waals surface area contributed by atoms with E-state index in [1.165, 1.54) is 43.2 Å². The molecule has 1 atom stereocenters. The number of thioether (sulfide) groups is 1. The normalized spacial score (nSPS) is 24.3. The monoisotopic (exact) mass is 649 g/mol. The number of benzene rings is 3. The molecule has 2 N–H and O–H groups in total. The molecule has 4 aliphatic rings. The van der Waals surface area contributed by atoms with Crippen molar-refractivity contribution < 1.29 is 9.18 Å². The number of carbonyl (C=O) groups is 1. The number of carbonyl (C=O) groups excluding carboxylic acids is 1. The van der Waals surface area contributed by atoms with Gasteiger partial charge >= 0.3 is 6.03 Å². The van der Waals surface area contributed by atoms with Crippen molar-refractivity contribution in [3.63, 3.8) is 0 Å². The molecule has 4 aromatic rings. The fourth-order valence-corrected chi connectivity index (χ4v) is 9.37. The predicted octanol–water partition coefficient (Wildman–Crippen LogP) is 8.56. The van der Waals surface area contributed by atoms with Gasteiger partial charge in [-0.2, -0.15) is 0 Å². The molecule has 3 aromatic carbocycles. The van der Waals surface area contributed by atoms with Crippen molar-refractivity contribution in [1.82, 2.24) is 25.4 Å². The Bertz CT molecular complexity index is 1610. The number of nitrogens with zero attached hydrogens (tertiary/aromatic N) is 3. The third-order valence-corrected chi connectivity index (χ3v) is 10.9. The third kappa shape index (κ3) is 6.35. The van der Waals surface area contributed by atoms with E-state index in [2.05, 4.69) is 20.8 Å². The summed E-state index contributed by atoms with van der Waals surface area (Å²) in [6.45, 7) is 0. The van der Waals surface area contributed by atoms with Crippen molar-refractivity contribution in [2.24, 2.45) is 17.8 Å². The van der Waals surface area contributed by atoms with E-state index in [-0.39, 0.29) is 17.4 Å². The lowest BCUT2D eigenvalue weighted by Crippen LogP contribution is -2.61. The van der Waals surface area contributed by atoms with Crippen LogP contribution >= 0.6 is 35.0 Å². The van der Waals surface area contributed by atoms with Crippen molar-refractivity contribution in [2.45, 2.75) is 67.4 Å². The van der Waals surface area contributed by atoms with Gasteiger partial charge in [-0.05, 0) is 97.7 Å². The first-order chi connectivity index (χ1) is 21.3. The number of nitrogens with one attached hydrogen (secondary N) is 2. The summed E-state index contributed by atoms with van der Waals surface area (Å²) < 4.78 is 15.4. The highest BCUT2D eigenvalue weighted by molar-refractivity contribution is 7.98. The van der Waals surface area contributed by atoms with Crippen LogP contribution in [0.1, 0.15) is 61.5 Å². The highest BCUT2D eigenvalue weighted by Gasteiger charge is 2.51. The van der Waals surface area contributed by atoms with Gasteiger partial charge in [0.15, 0.2) is 11.0 Å². The van der Waals surface area contributed by atoms with Gasteiger partial charge in [0.25, 0.3) is 0 Å². The van der Waals surface area contributed by atoms with Crippen LogP contribution in [0.25, 0.3) is 5.69 Å². The number of urea groups is 1. The first kappa shape index (κ1) is 29.6. The highest BCUT2D eigenvalue weighted by Crippen LogP contribution is 2.55. The van der Waals surface area contributed by atoms with Crippen molar-refractivity contribution in [3.05, 3.63) is 106 Å². The van der Waals surface area contributed by atoms with Crippen molar-refractivity contribution in [2.75, 3.05) is 0 Å². The average Bonchev–Trinajstić information content (AvgIpc) is 3.39. The molecule has 0 radical (unpaired) electrons. The minimum atomic E-state index is -0.495. The van der Waals surface area contributed by atoms with Crippen LogP contribution in [-0.2, 0) is 12.2 Å². The maximum Gasteiger partial charge on any atom is 0.315 e. The van der Waals surface area contributed by atoms with Crippen LogP contribution in [0, 0.1) is 23.6 Å². The molecule has 10 heteroatoms. The average molecular weight is 651 g/mol. The molecule has 4 fully saturated rings. The Morgan fingerprint density at radius 3 is 2.27 bits per heavy atom. The second-order valence-corrected chi connectivity index (χ2v) is 14.5. The third-order valence-electron chi connectivity index (χ3n) is 9.41. The van der Waals surface area contributed by atoms with Crippen LogP contribution in [-0.4, -0.2) is 26.3 Å². The Balaban J connectivity index is 1.21. The maximum atomic E-state index is 13.8. The number of hydrogen-bond donors (Lipinski definition) is 2. The Labute approximate surface area is 271 Å². The molecule has 2 amide bonds. The topological polar surface area (TPSA) is 71.8 Å². The summed E-state index contributed by atoms with van der Waals surface area (Å²) in [4.78, 5) is 13.8. The van der Waals surface area contributed by atoms with Crippen LogP contribution in [0.2, 0.25) is 10.0 Å². The molecule has 44 heavy (non-hydrogen) atoms. The second-order valence-electron chi connectivity index (χ2n) is 12.7. The Morgan fingerprint density at radius 1 is 0.932 bits per heavy atom. The quantitative estimate of drug-likeness (QED) is 0.178. The molecule has 4 bridgehead atoms. The van der Waals surface area contributed by atoms with E-state index in [4.69, 9.17) is 23.2 Å². The van der Waals surface area contributed by atoms with Crippen LogP contribution in [0.5, 0.6) is 0 Å². The molecule has 1 unspecified atom stereocenters. The Morgan fingerprint density at radius 2 is 1.61 bits per heavy atom. The molecule has 228 valence electrons. The lowest BCUT2D eigenvalue weighted by Gasteiger charge is -2.56. The summed E-state index contributed by atoms with van der Waals surface area (Å²) in [6, 6.07) is 21.1. The van der Waals surface area contributed by atoms with Gasteiger partial charge in [-0.15, -0.1) is 10.2 Å². The molecule has 1 heterocycles. The summed E-state index contributed by atoms with van der Waals surface area (Å²) in [7, 11) is 0. The van der Waals surface area contributed by atoms with Crippen LogP contribution in [0.4, 0.5) is 9.18 Å². The zero-order valence-corrected chi connectivity index (χ0v) is 26.5. The number of amides is 2. The van der Waals surface area contributed by atoms with Gasteiger partial charge < -0.3 is 10.6 Å². The van der Waals surface area contributed by atoms with E-state index in [9.17, 15) is 9.18 Å². The minimum absolute atomic E-state index is 0.126. The molecular formula is C34H34Cl2FN5OS. The summed E-state index contributed by atoms with van der Waals surface area (Å²) in [5, 5.41) is 17.6. The second kappa shape index (κ2) is 12.4. The van der Waals surface area contributed by atoms with Crippen LogP contribution in [0.3, 0.4) is 0 Å². The summed E-state index contributed by atoms with van der Waals surface area (Å²) in [5.74, 6) is 3.00. The molecule has 4 aliphatic carbocycles. The lowest BCUT2D eigenvalue weighted by molar-refractivity contribution is -0.0136. The number of rotatable bonds is 9. The van der Waals surface area contributed by atoms with Gasteiger partial charge in [-0.1, -0.05) is 77.4 Å². The highest BCUT2D eigenvalue weighted by atomic mass is 35.5. The molecule has 4 saturated carbocycles. The first-order valence-corrected chi connectivity index (χ1v) is 17.0. The largest absolute Gasteiger partial charge is 0.333 e. The zero-order chi connectivity index (χ0) is 30.3. The van der Waals surface area contributed by atoms with Gasteiger partial charge in [-0.3, -0.25) is 4.57 Å². The van der Waals surface area contributed by atoms with E-state index in [0.717, 1.165) is 48.1 Å². The molecular weight excluding hydrogens is 616 g/mol. The van der Waals surface area contributed by atoms with E-state index in [1.54, 1.807) is 24.3 Å². The van der Waals surface area contributed by atoms with Crippen molar-refractivity contribution >= 4 is 41.0 Å². The molecule has 0 spiro atoms. The summed E-state index contributed by atoms with van der Waals surface area (Å²) >= 11 is 14.5. The predicted molar refractivity (Wildman–Crippen MR) is 173 cm³/mol. The molecule has 0 saturated heterocycles. The van der Waals surface area contributed by atoms with E-state index in [0.29, 0.717) is 38.9 Å². The molecule has 8 rings (SSSR count). The molecule has 1 aromatic heterocycles. The number of halogens is 3. The summed E-state index contributed by atoms with van der Waals surface area (Å²) in [5.41, 5.74) is 2.55. The van der Waals surface area contributed by atoms with E-state index >= 15 is 0 Å². The standard InChI is InChI=1S/C34H34Cl2FN5OS/c35-26-8-11-30(28(36)16-26)42-31(40-41-33(42)44-20-22-6-9-27(37)10-7-22)29(15-21-4-2-1-3-5-21)38-32(43)39-34-17-23-12-24(18-34)14-25(13-23)19-34/h1-11,16,23-25,29H,12-15,17-20H2,(H2,38,39,43). The van der Waals surface area contributed by atoms with Crippen molar-refractivity contribution in [1.29, 1.82) is 0 Å². The number of aromatic nitrogens is 3. The zero-order valence-electron chi connectivity index (χ0n) is 24.2. The smallest absolute Gasteiger partial charge is 0.315 e. The lowest BCUT2D eigenvalue weighted by atomic mass is 9.53. The molecule has 0 aliphatic heterocycles. The van der Waals surface area contributed by atoms with Crippen molar-refractivity contribution in [3.8, 4) is 5.69 Å².